The summed E-state index contributed by atoms with van der Waals surface area (Å²) in [5.74, 6) is 1.72. The number of halogens is 1. The van der Waals surface area contributed by atoms with E-state index in [-0.39, 0.29) is 12.3 Å². The number of benzene rings is 2. The highest BCUT2D eigenvalue weighted by Gasteiger charge is 2.11. The van der Waals surface area contributed by atoms with E-state index < -0.39 is 0 Å². The summed E-state index contributed by atoms with van der Waals surface area (Å²) in [4.78, 5) is 12.1. The molecule has 1 amide bonds. The van der Waals surface area contributed by atoms with Crippen molar-refractivity contribution < 1.29 is 14.3 Å². The van der Waals surface area contributed by atoms with E-state index in [1.807, 2.05) is 30.3 Å². The predicted molar refractivity (Wildman–Crippen MR) is 109 cm³/mol. The van der Waals surface area contributed by atoms with Gasteiger partial charge in [0.15, 0.2) is 11.6 Å². The highest BCUT2D eigenvalue weighted by atomic mass is 35.5. The van der Waals surface area contributed by atoms with Gasteiger partial charge in [-0.05, 0) is 17.7 Å². The van der Waals surface area contributed by atoms with Crippen molar-refractivity contribution in [2.75, 3.05) is 24.9 Å². The summed E-state index contributed by atoms with van der Waals surface area (Å²) in [7, 11) is 3.07. The Morgan fingerprint density at radius 1 is 0.964 bits per heavy atom. The number of carbonyl (C=O) groups is 1. The molecule has 0 bridgehead atoms. The zero-order valence-electron chi connectivity index (χ0n) is 15.4. The van der Waals surface area contributed by atoms with Gasteiger partial charge in [0.2, 0.25) is 5.91 Å². The van der Waals surface area contributed by atoms with Crippen LogP contribution in [0, 0.1) is 0 Å². The summed E-state index contributed by atoms with van der Waals surface area (Å²) in [6.45, 7) is 0. The van der Waals surface area contributed by atoms with Gasteiger partial charge in [0.1, 0.15) is 11.5 Å². The number of hydrogen-bond acceptors (Lipinski definition) is 6. The molecule has 28 heavy (non-hydrogen) atoms. The number of hydrogen-bond donors (Lipinski definition) is 2. The van der Waals surface area contributed by atoms with Gasteiger partial charge in [-0.15, -0.1) is 10.2 Å². The molecule has 7 nitrogen and oxygen atoms in total. The van der Waals surface area contributed by atoms with Crippen molar-refractivity contribution in [3.63, 3.8) is 0 Å². The topological polar surface area (TPSA) is 85.4 Å². The van der Waals surface area contributed by atoms with Crippen LogP contribution in [-0.2, 0) is 11.2 Å². The molecule has 0 aliphatic rings. The molecular weight excluding hydrogens is 380 g/mol. The zero-order valence-corrected chi connectivity index (χ0v) is 16.2. The average molecular weight is 399 g/mol. The normalized spacial score (nSPS) is 10.2. The Bertz CT molecular complexity index is 950. The van der Waals surface area contributed by atoms with Crippen LogP contribution in [0.4, 0.5) is 17.3 Å². The van der Waals surface area contributed by atoms with Crippen molar-refractivity contribution in [2.24, 2.45) is 0 Å². The van der Waals surface area contributed by atoms with Crippen molar-refractivity contribution >= 4 is 34.8 Å². The number of rotatable bonds is 7. The Balaban J connectivity index is 1.67. The summed E-state index contributed by atoms with van der Waals surface area (Å²) in [5.41, 5.74) is 1.55. The Kier molecular flexibility index (Phi) is 6.29. The third-order valence-electron chi connectivity index (χ3n) is 3.88. The smallest absolute Gasteiger partial charge is 0.229 e. The molecular formula is C20H19ClN4O3. The minimum absolute atomic E-state index is 0.162. The number of nitrogens with one attached hydrogen (secondary N) is 2. The molecule has 0 radical (unpaired) electrons. The summed E-state index contributed by atoms with van der Waals surface area (Å²) in [6.07, 6.45) is 0.268. The lowest BCUT2D eigenvalue weighted by Crippen LogP contribution is -2.15. The highest BCUT2D eigenvalue weighted by Crippen LogP contribution is 2.37. The second-order valence-electron chi connectivity index (χ2n) is 5.83. The molecule has 0 atom stereocenters. The third kappa shape index (κ3) is 4.89. The lowest BCUT2D eigenvalue weighted by atomic mass is 10.1. The molecule has 1 aromatic heterocycles. The maximum absolute atomic E-state index is 12.1. The molecule has 8 heteroatoms. The van der Waals surface area contributed by atoms with Crippen LogP contribution in [0.25, 0.3) is 0 Å². The van der Waals surface area contributed by atoms with Crippen molar-refractivity contribution in [1.82, 2.24) is 10.2 Å². The Morgan fingerprint density at radius 2 is 1.64 bits per heavy atom. The molecule has 144 valence electrons. The molecule has 0 unspecified atom stereocenters. The van der Waals surface area contributed by atoms with Gasteiger partial charge in [-0.2, -0.15) is 0 Å². The number of amides is 1. The zero-order chi connectivity index (χ0) is 19.9. The van der Waals surface area contributed by atoms with E-state index in [1.54, 1.807) is 31.4 Å². The summed E-state index contributed by atoms with van der Waals surface area (Å²) < 4.78 is 10.5. The average Bonchev–Trinajstić information content (AvgIpc) is 2.71. The molecule has 3 aromatic rings. The number of methoxy groups -OCH3 is 2. The predicted octanol–water partition coefficient (Wildman–Crippen LogP) is 4.07. The van der Waals surface area contributed by atoms with Gasteiger partial charge in [0.25, 0.3) is 0 Å². The lowest BCUT2D eigenvalue weighted by molar-refractivity contribution is -0.115. The van der Waals surface area contributed by atoms with Gasteiger partial charge < -0.3 is 20.1 Å². The highest BCUT2D eigenvalue weighted by molar-refractivity contribution is 6.32. The molecule has 0 spiro atoms. The van der Waals surface area contributed by atoms with E-state index in [4.69, 9.17) is 21.1 Å². The van der Waals surface area contributed by atoms with Crippen molar-refractivity contribution in [3.8, 4) is 11.5 Å². The van der Waals surface area contributed by atoms with Gasteiger partial charge in [-0.25, -0.2) is 0 Å². The van der Waals surface area contributed by atoms with Gasteiger partial charge >= 0.3 is 0 Å². The van der Waals surface area contributed by atoms with Crippen molar-refractivity contribution in [2.45, 2.75) is 6.42 Å². The Hall–Kier alpha value is -3.32. The molecule has 1 heterocycles. The first kappa shape index (κ1) is 19.4. The molecule has 0 saturated carbocycles. The Labute approximate surface area is 167 Å². The first-order valence-corrected chi connectivity index (χ1v) is 8.83. The SMILES string of the molecule is COc1cc(Nc2ccc(NC(=O)Cc3ccccc3)nn2)c(OC)cc1Cl. The fourth-order valence-corrected chi connectivity index (χ4v) is 2.76. The van der Waals surface area contributed by atoms with Crippen LogP contribution in [0.3, 0.4) is 0 Å². The van der Waals surface area contributed by atoms with Crippen molar-refractivity contribution in [1.29, 1.82) is 0 Å². The fourth-order valence-electron chi connectivity index (χ4n) is 2.53. The van der Waals surface area contributed by atoms with E-state index in [1.165, 1.54) is 7.11 Å². The van der Waals surface area contributed by atoms with E-state index in [0.29, 0.717) is 33.8 Å². The van der Waals surface area contributed by atoms with Gasteiger partial charge in [-0.3, -0.25) is 4.79 Å². The number of anilines is 3. The van der Waals surface area contributed by atoms with Crippen molar-refractivity contribution in [3.05, 3.63) is 65.2 Å². The lowest BCUT2D eigenvalue weighted by Gasteiger charge is -2.13. The van der Waals surface area contributed by atoms with E-state index in [9.17, 15) is 4.79 Å². The first-order valence-electron chi connectivity index (χ1n) is 8.45. The van der Waals surface area contributed by atoms with Gasteiger partial charge in [0.05, 0.1) is 31.4 Å². The largest absolute Gasteiger partial charge is 0.495 e. The van der Waals surface area contributed by atoms with Gasteiger partial charge in [-0.1, -0.05) is 41.9 Å². The fraction of sp³-hybridized carbons (Fsp3) is 0.150. The molecule has 0 aliphatic carbocycles. The van der Waals surface area contributed by atoms with E-state index >= 15 is 0 Å². The van der Waals surface area contributed by atoms with Crippen LogP contribution in [0.1, 0.15) is 5.56 Å². The summed E-state index contributed by atoms with van der Waals surface area (Å²) >= 11 is 6.11. The Morgan fingerprint density at radius 3 is 2.29 bits per heavy atom. The first-order chi connectivity index (χ1) is 13.6. The maximum Gasteiger partial charge on any atom is 0.229 e. The van der Waals surface area contributed by atoms with Crippen LogP contribution in [0.15, 0.2) is 54.6 Å². The number of nitrogens with zero attached hydrogens (tertiary/aromatic N) is 2. The van der Waals surface area contributed by atoms with Crippen LogP contribution >= 0.6 is 11.6 Å². The minimum Gasteiger partial charge on any atom is -0.495 e. The standard InChI is InChI=1S/C20H19ClN4O3/c1-27-16-12-15(17(28-2)11-14(16)21)22-18-8-9-19(25-24-18)23-20(26)10-13-6-4-3-5-7-13/h3-9,11-12H,10H2,1-2H3,(H,22,24)(H,23,25,26). The molecule has 0 fully saturated rings. The van der Waals surface area contributed by atoms with E-state index in [2.05, 4.69) is 20.8 Å². The second kappa shape index (κ2) is 9.05. The van der Waals surface area contributed by atoms with Crippen LogP contribution in [0.5, 0.6) is 11.5 Å². The van der Waals surface area contributed by atoms with Crippen LogP contribution < -0.4 is 20.1 Å². The quantitative estimate of drug-likeness (QED) is 0.624. The monoisotopic (exact) mass is 398 g/mol. The molecule has 0 aliphatic heterocycles. The summed E-state index contributed by atoms with van der Waals surface area (Å²) in [5, 5.41) is 14.4. The maximum atomic E-state index is 12.1. The molecule has 2 aromatic carbocycles. The minimum atomic E-state index is -0.162. The summed E-state index contributed by atoms with van der Waals surface area (Å²) in [6, 6.07) is 16.2. The third-order valence-corrected chi connectivity index (χ3v) is 4.17. The number of aromatic nitrogens is 2. The number of ether oxygens (including phenoxy) is 2. The van der Waals surface area contributed by atoms with E-state index in [0.717, 1.165) is 5.56 Å². The van der Waals surface area contributed by atoms with Crippen LogP contribution in [0.2, 0.25) is 5.02 Å². The molecule has 2 N–H and O–H groups in total. The number of carbonyl (C=O) groups excluding carboxylic acids is 1. The molecule has 3 rings (SSSR count). The van der Waals surface area contributed by atoms with Crippen LogP contribution in [-0.4, -0.2) is 30.3 Å². The second-order valence-corrected chi connectivity index (χ2v) is 6.23. The molecule has 0 saturated heterocycles. The van der Waals surface area contributed by atoms with Gasteiger partial charge in [0, 0.05) is 12.1 Å².